The Morgan fingerprint density at radius 1 is 1.40 bits per heavy atom. The van der Waals surface area contributed by atoms with Crippen LogP contribution in [0.5, 0.6) is 0 Å². The molecule has 0 aromatic rings. The van der Waals surface area contributed by atoms with Crippen LogP contribution in [0.15, 0.2) is 0 Å². The number of thiol groups is 2. The van der Waals surface area contributed by atoms with Gasteiger partial charge >= 0.3 is 0 Å². The second kappa shape index (κ2) is 7.76. The van der Waals surface area contributed by atoms with Crippen molar-refractivity contribution in [1.29, 1.82) is 0 Å². The molecule has 0 rings (SSSR count). The summed E-state index contributed by atoms with van der Waals surface area (Å²) in [5.74, 6) is 0.809. The van der Waals surface area contributed by atoms with Gasteiger partial charge in [-0.25, -0.2) is 0 Å². The first kappa shape index (κ1) is 10.7. The molecule has 3 heteroatoms. The summed E-state index contributed by atoms with van der Waals surface area (Å²) >= 11 is 8.36. The highest BCUT2D eigenvalue weighted by Gasteiger charge is 1.97. The zero-order valence-electron chi connectivity index (χ0n) is 6.42. The van der Waals surface area contributed by atoms with E-state index in [1.54, 1.807) is 0 Å². The Bertz CT molecular complexity index is 68.6. The van der Waals surface area contributed by atoms with E-state index in [9.17, 15) is 0 Å². The van der Waals surface area contributed by atoms with Gasteiger partial charge in [0.15, 0.2) is 0 Å². The highest BCUT2D eigenvalue weighted by atomic mass is 32.1. The highest BCUT2D eigenvalue weighted by Crippen LogP contribution is 2.04. The molecule has 0 bridgehead atoms. The van der Waals surface area contributed by atoms with E-state index in [0.717, 1.165) is 31.8 Å². The molecule has 0 heterocycles. The highest BCUT2D eigenvalue weighted by molar-refractivity contribution is 7.81. The molecule has 0 saturated heterocycles. The third kappa shape index (κ3) is 6.78. The second-order valence-corrected chi connectivity index (χ2v) is 3.36. The molecule has 1 nitrogen and oxygen atoms in total. The van der Waals surface area contributed by atoms with Gasteiger partial charge in [-0.2, -0.15) is 25.3 Å². The van der Waals surface area contributed by atoms with Crippen LogP contribution in [0.4, 0.5) is 0 Å². The van der Waals surface area contributed by atoms with Crippen molar-refractivity contribution in [1.82, 2.24) is 0 Å². The molecule has 0 amide bonds. The Labute approximate surface area is 74.4 Å². The van der Waals surface area contributed by atoms with Crippen molar-refractivity contribution in [2.24, 2.45) is 0 Å². The van der Waals surface area contributed by atoms with Crippen molar-refractivity contribution in [3.63, 3.8) is 0 Å². The van der Waals surface area contributed by atoms with E-state index in [1.165, 1.54) is 0 Å². The molecule has 0 aliphatic rings. The van der Waals surface area contributed by atoms with Crippen LogP contribution < -0.4 is 0 Å². The van der Waals surface area contributed by atoms with Crippen LogP contribution in [-0.2, 0) is 4.74 Å². The van der Waals surface area contributed by atoms with Crippen molar-refractivity contribution in [2.75, 3.05) is 19.0 Å². The zero-order valence-corrected chi connectivity index (χ0v) is 8.20. The lowest BCUT2D eigenvalue weighted by Gasteiger charge is -2.06. The first-order valence-corrected chi connectivity index (χ1v) is 4.82. The predicted octanol–water partition coefficient (Wildman–Crippen LogP) is 2.03. The maximum atomic E-state index is 5.23. The lowest BCUT2D eigenvalue weighted by molar-refractivity contribution is 0.147. The Hall–Kier alpha value is 0.660. The van der Waals surface area contributed by atoms with E-state index >= 15 is 0 Å². The van der Waals surface area contributed by atoms with E-state index in [0.29, 0.717) is 5.25 Å². The second-order valence-electron chi connectivity index (χ2n) is 2.19. The van der Waals surface area contributed by atoms with Crippen molar-refractivity contribution < 1.29 is 4.74 Å². The molecule has 0 aliphatic carbocycles. The Morgan fingerprint density at radius 3 is 2.60 bits per heavy atom. The topological polar surface area (TPSA) is 9.23 Å². The summed E-state index contributed by atoms with van der Waals surface area (Å²) in [6, 6.07) is 0. The SMILES string of the molecule is CCC(S)CCOCCS. The summed E-state index contributed by atoms with van der Waals surface area (Å²) < 4.78 is 5.23. The van der Waals surface area contributed by atoms with Crippen LogP contribution >= 0.6 is 25.3 Å². The number of hydrogen-bond acceptors (Lipinski definition) is 3. The molecular weight excluding hydrogens is 164 g/mol. The Kier molecular flexibility index (Phi) is 8.28. The summed E-state index contributed by atoms with van der Waals surface area (Å²) in [6.07, 6.45) is 2.17. The molecule has 0 saturated carbocycles. The van der Waals surface area contributed by atoms with Crippen LogP contribution in [0.1, 0.15) is 19.8 Å². The smallest absolute Gasteiger partial charge is 0.0554 e. The van der Waals surface area contributed by atoms with E-state index in [2.05, 4.69) is 32.2 Å². The van der Waals surface area contributed by atoms with Gasteiger partial charge in [-0.05, 0) is 12.8 Å². The summed E-state index contributed by atoms with van der Waals surface area (Å²) in [5, 5.41) is 0.500. The Morgan fingerprint density at radius 2 is 2.10 bits per heavy atom. The summed E-state index contributed by atoms with van der Waals surface area (Å²) in [4.78, 5) is 0. The summed E-state index contributed by atoms with van der Waals surface area (Å²) in [6.45, 7) is 3.71. The maximum Gasteiger partial charge on any atom is 0.0554 e. The molecule has 0 aromatic carbocycles. The van der Waals surface area contributed by atoms with Gasteiger partial charge in [-0.1, -0.05) is 6.92 Å². The van der Waals surface area contributed by atoms with Gasteiger partial charge in [0.25, 0.3) is 0 Å². The third-order valence-corrected chi connectivity index (χ3v) is 2.11. The number of hydrogen-bond donors (Lipinski definition) is 2. The third-order valence-electron chi connectivity index (χ3n) is 1.30. The molecule has 10 heavy (non-hydrogen) atoms. The van der Waals surface area contributed by atoms with E-state index in [1.807, 2.05) is 0 Å². The largest absolute Gasteiger partial charge is 0.381 e. The normalized spacial score (nSPS) is 13.5. The van der Waals surface area contributed by atoms with E-state index in [-0.39, 0.29) is 0 Å². The molecule has 0 fully saturated rings. The van der Waals surface area contributed by atoms with Crippen LogP contribution in [0.25, 0.3) is 0 Å². The Balaban J connectivity index is 2.89. The van der Waals surface area contributed by atoms with Gasteiger partial charge in [0, 0.05) is 17.6 Å². The van der Waals surface area contributed by atoms with E-state index in [4.69, 9.17) is 4.74 Å². The molecule has 0 aromatic heterocycles. The number of ether oxygens (including phenoxy) is 1. The number of rotatable bonds is 6. The predicted molar refractivity (Wildman–Crippen MR) is 52.4 cm³/mol. The minimum absolute atomic E-state index is 0.500. The molecule has 1 unspecified atom stereocenters. The van der Waals surface area contributed by atoms with Crippen molar-refractivity contribution >= 4 is 25.3 Å². The lowest BCUT2D eigenvalue weighted by Crippen LogP contribution is -2.04. The first-order chi connectivity index (χ1) is 4.81. The van der Waals surface area contributed by atoms with Gasteiger partial charge in [0.2, 0.25) is 0 Å². The minimum atomic E-state index is 0.500. The lowest BCUT2D eigenvalue weighted by atomic mass is 10.2. The standard InChI is InChI=1S/C7H16OS2/c1-2-7(10)3-4-8-5-6-9/h7,9-10H,2-6H2,1H3. The van der Waals surface area contributed by atoms with Crippen LogP contribution in [0.2, 0.25) is 0 Å². The van der Waals surface area contributed by atoms with Crippen molar-refractivity contribution in [2.45, 2.75) is 25.0 Å². The van der Waals surface area contributed by atoms with Gasteiger partial charge in [-0.3, -0.25) is 0 Å². The molecule has 0 radical (unpaired) electrons. The summed E-state index contributed by atoms with van der Waals surface area (Å²) in [5.41, 5.74) is 0. The van der Waals surface area contributed by atoms with Gasteiger partial charge < -0.3 is 4.74 Å². The molecule has 1 atom stereocenters. The van der Waals surface area contributed by atoms with Gasteiger partial charge in [0.05, 0.1) is 6.61 Å². The fraction of sp³-hybridized carbons (Fsp3) is 1.00. The fourth-order valence-electron chi connectivity index (χ4n) is 0.590. The van der Waals surface area contributed by atoms with Crippen LogP contribution in [0, 0.1) is 0 Å². The average Bonchev–Trinajstić information content (AvgIpc) is 1.98. The molecular formula is C7H16OS2. The van der Waals surface area contributed by atoms with Gasteiger partial charge in [0.1, 0.15) is 0 Å². The van der Waals surface area contributed by atoms with Crippen LogP contribution in [-0.4, -0.2) is 24.2 Å². The zero-order chi connectivity index (χ0) is 7.82. The average molecular weight is 180 g/mol. The van der Waals surface area contributed by atoms with Crippen molar-refractivity contribution in [3.05, 3.63) is 0 Å². The maximum absolute atomic E-state index is 5.23. The summed E-state index contributed by atoms with van der Waals surface area (Å²) in [7, 11) is 0. The fourth-order valence-corrected chi connectivity index (χ4v) is 0.825. The minimum Gasteiger partial charge on any atom is -0.381 e. The van der Waals surface area contributed by atoms with Gasteiger partial charge in [-0.15, -0.1) is 0 Å². The molecule has 0 N–H and O–H groups in total. The van der Waals surface area contributed by atoms with Crippen LogP contribution in [0.3, 0.4) is 0 Å². The molecule has 0 aliphatic heterocycles. The monoisotopic (exact) mass is 180 g/mol. The first-order valence-electron chi connectivity index (χ1n) is 3.68. The molecule has 62 valence electrons. The van der Waals surface area contributed by atoms with E-state index < -0.39 is 0 Å². The van der Waals surface area contributed by atoms with Crippen molar-refractivity contribution in [3.8, 4) is 0 Å². The quantitative estimate of drug-likeness (QED) is 0.470. The molecule has 0 spiro atoms.